The third kappa shape index (κ3) is 2.83. The molecule has 0 amide bonds. The summed E-state index contributed by atoms with van der Waals surface area (Å²) in [5, 5.41) is 0.672. The van der Waals surface area contributed by atoms with Crippen molar-refractivity contribution < 1.29 is 9.53 Å². The van der Waals surface area contributed by atoms with Crippen LogP contribution in [-0.2, 0) is 16.0 Å². The second-order valence-corrected chi connectivity index (χ2v) is 4.70. The van der Waals surface area contributed by atoms with Crippen LogP contribution in [0.2, 0.25) is 5.02 Å². The van der Waals surface area contributed by atoms with E-state index < -0.39 is 0 Å². The number of carbonyl (C=O) groups excluding carboxylic acids is 1. The van der Waals surface area contributed by atoms with Crippen LogP contribution in [0.4, 0.5) is 0 Å². The van der Waals surface area contributed by atoms with E-state index in [2.05, 4.69) is 0 Å². The van der Waals surface area contributed by atoms with Gasteiger partial charge < -0.3 is 4.74 Å². The molecule has 2 nitrogen and oxygen atoms in total. The van der Waals surface area contributed by atoms with Gasteiger partial charge in [-0.2, -0.15) is 0 Å². The number of methoxy groups -OCH3 is 1. The summed E-state index contributed by atoms with van der Waals surface area (Å²) >= 11 is 5.87. The van der Waals surface area contributed by atoms with Crippen LogP contribution in [0.5, 0.6) is 0 Å². The van der Waals surface area contributed by atoms with Crippen LogP contribution >= 0.6 is 11.6 Å². The van der Waals surface area contributed by atoms with E-state index in [4.69, 9.17) is 16.3 Å². The topological polar surface area (TPSA) is 26.3 Å². The lowest BCUT2D eigenvalue weighted by molar-refractivity contribution is -0.129. The predicted molar refractivity (Wildman–Crippen MR) is 63.7 cm³/mol. The SMILES string of the molecule is COC(C(=O)Cc1cccc(Cl)c1)C1CC1. The smallest absolute Gasteiger partial charge is 0.166 e. The van der Waals surface area contributed by atoms with E-state index >= 15 is 0 Å². The Bertz CT molecular complexity index is 385. The van der Waals surface area contributed by atoms with Gasteiger partial charge in [0.15, 0.2) is 5.78 Å². The minimum atomic E-state index is -0.223. The fourth-order valence-electron chi connectivity index (χ4n) is 1.93. The molecule has 1 aliphatic carbocycles. The Morgan fingerprint density at radius 3 is 2.88 bits per heavy atom. The first-order valence-electron chi connectivity index (χ1n) is 5.50. The Hall–Kier alpha value is -0.860. The Balaban J connectivity index is 2.00. The lowest BCUT2D eigenvalue weighted by Crippen LogP contribution is -2.26. The predicted octanol–water partition coefficient (Wildman–Crippen LogP) is 2.88. The Kier molecular flexibility index (Phi) is 3.62. The van der Waals surface area contributed by atoms with E-state index in [0.717, 1.165) is 18.4 Å². The molecule has 1 aromatic rings. The van der Waals surface area contributed by atoms with Gasteiger partial charge in [0.1, 0.15) is 6.10 Å². The second kappa shape index (κ2) is 4.98. The highest BCUT2D eigenvalue weighted by molar-refractivity contribution is 6.30. The Labute approximate surface area is 101 Å². The number of benzene rings is 1. The molecule has 0 heterocycles. The highest BCUT2D eigenvalue weighted by atomic mass is 35.5. The Morgan fingerprint density at radius 2 is 2.31 bits per heavy atom. The third-order valence-corrected chi connectivity index (χ3v) is 3.12. The van der Waals surface area contributed by atoms with Crippen molar-refractivity contribution >= 4 is 17.4 Å². The van der Waals surface area contributed by atoms with Crippen molar-refractivity contribution in [2.24, 2.45) is 5.92 Å². The number of hydrogen-bond donors (Lipinski definition) is 0. The van der Waals surface area contributed by atoms with Crippen LogP contribution in [0.25, 0.3) is 0 Å². The minimum Gasteiger partial charge on any atom is -0.373 e. The third-order valence-electron chi connectivity index (χ3n) is 2.89. The maximum absolute atomic E-state index is 12.0. The molecular weight excluding hydrogens is 224 g/mol. The zero-order valence-electron chi connectivity index (χ0n) is 9.28. The van der Waals surface area contributed by atoms with Crippen molar-refractivity contribution in [1.82, 2.24) is 0 Å². The van der Waals surface area contributed by atoms with Gasteiger partial charge >= 0.3 is 0 Å². The summed E-state index contributed by atoms with van der Waals surface area (Å²) in [6.07, 6.45) is 2.41. The minimum absolute atomic E-state index is 0.160. The fourth-order valence-corrected chi connectivity index (χ4v) is 2.15. The number of Topliss-reactive ketones (excluding diaryl/α,β-unsaturated/α-hetero) is 1. The van der Waals surface area contributed by atoms with Crippen LogP contribution in [0.3, 0.4) is 0 Å². The number of rotatable bonds is 5. The molecule has 1 aromatic carbocycles. The van der Waals surface area contributed by atoms with Gasteiger partial charge in [0, 0.05) is 18.6 Å². The van der Waals surface area contributed by atoms with Gasteiger partial charge in [-0.1, -0.05) is 23.7 Å². The molecule has 0 saturated heterocycles. The normalized spacial score (nSPS) is 17.1. The molecule has 0 bridgehead atoms. The van der Waals surface area contributed by atoms with E-state index in [-0.39, 0.29) is 11.9 Å². The molecule has 86 valence electrons. The van der Waals surface area contributed by atoms with Crippen LogP contribution < -0.4 is 0 Å². The zero-order chi connectivity index (χ0) is 11.5. The number of ketones is 1. The molecular formula is C13H15ClO2. The van der Waals surface area contributed by atoms with E-state index in [0.29, 0.717) is 17.4 Å². The molecule has 1 unspecified atom stereocenters. The average Bonchev–Trinajstić information content (AvgIpc) is 3.03. The molecule has 16 heavy (non-hydrogen) atoms. The summed E-state index contributed by atoms with van der Waals surface area (Å²) in [5.74, 6) is 0.601. The summed E-state index contributed by atoms with van der Waals surface area (Å²) in [4.78, 5) is 12.0. The molecule has 0 spiro atoms. The van der Waals surface area contributed by atoms with E-state index in [1.807, 2.05) is 24.3 Å². The average molecular weight is 239 g/mol. The van der Waals surface area contributed by atoms with Crippen LogP contribution in [0.15, 0.2) is 24.3 Å². The van der Waals surface area contributed by atoms with Gasteiger partial charge in [0.05, 0.1) is 0 Å². The van der Waals surface area contributed by atoms with Gasteiger partial charge in [-0.3, -0.25) is 4.79 Å². The monoisotopic (exact) mass is 238 g/mol. The van der Waals surface area contributed by atoms with Gasteiger partial charge in [0.2, 0.25) is 0 Å². The largest absolute Gasteiger partial charge is 0.373 e. The second-order valence-electron chi connectivity index (χ2n) is 4.27. The molecule has 0 N–H and O–H groups in total. The molecule has 1 saturated carbocycles. The number of carbonyl (C=O) groups is 1. The summed E-state index contributed by atoms with van der Waals surface area (Å²) in [6, 6.07) is 7.43. The molecule has 0 aromatic heterocycles. The highest BCUT2D eigenvalue weighted by Gasteiger charge is 2.35. The summed E-state index contributed by atoms with van der Waals surface area (Å²) in [5.41, 5.74) is 0.959. The maximum atomic E-state index is 12.0. The number of hydrogen-bond acceptors (Lipinski definition) is 2. The maximum Gasteiger partial charge on any atom is 0.166 e. The van der Waals surface area contributed by atoms with E-state index in [1.54, 1.807) is 7.11 Å². The standard InChI is InChI=1S/C13H15ClO2/c1-16-13(10-5-6-10)12(15)8-9-3-2-4-11(14)7-9/h2-4,7,10,13H,5-6,8H2,1H3. The van der Waals surface area contributed by atoms with Crippen molar-refractivity contribution in [3.63, 3.8) is 0 Å². The first kappa shape index (κ1) is 11.6. The summed E-state index contributed by atoms with van der Waals surface area (Å²) in [6.45, 7) is 0. The van der Waals surface area contributed by atoms with Gasteiger partial charge in [-0.15, -0.1) is 0 Å². The number of halogens is 1. The molecule has 1 aliphatic rings. The van der Waals surface area contributed by atoms with Gasteiger partial charge in [-0.25, -0.2) is 0 Å². The van der Waals surface area contributed by atoms with Gasteiger partial charge in [0.25, 0.3) is 0 Å². The van der Waals surface area contributed by atoms with Crippen LogP contribution in [0, 0.1) is 5.92 Å². The van der Waals surface area contributed by atoms with E-state index in [1.165, 1.54) is 0 Å². The number of ether oxygens (including phenoxy) is 1. The zero-order valence-corrected chi connectivity index (χ0v) is 10.0. The van der Waals surface area contributed by atoms with Crippen LogP contribution in [-0.4, -0.2) is 19.0 Å². The van der Waals surface area contributed by atoms with Crippen molar-refractivity contribution in [2.75, 3.05) is 7.11 Å². The summed E-state index contributed by atoms with van der Waals surface area (Å²) in [7, 11) is 1.61. The molecule has 2 rings (SSSR count). The first-order valence-corrected chi connectivity index (χ1v) is 5.88. The molecule has 0 aliphatic heterocycles. The molecule has 3 heteroatoms. The quantitative estimate of drug-likeness (QED) is 0.789. The lowest BCUT2D eigenvalue weighted by atomic mass is 10.0. The van der Waals surface area contributed by atoms with Crippen molar-refractivity contribution in [1.29, 1.82) is 0 Å². The lowest BCUT2D eigenvalue weighted by Gasteiger charge is -2.12. The molecule has 0 radical (unpaired) electrons. The summed E-state index contributed by atoms with van der Waals surface area (Å²) < 4.78 is 5.26. The van der Waals surface area contributed by atoms with Crippen molar-refractivity contribution in [3.05, 3.63) is 34.9 Å². The highest BCUT2D eigenvalue weighted by Crippen LogP contribution is 2.34. The van der Waals surface area contributed by atoms with Crippen LogP contribution in [0.1, 0.15) is 18.4 Å². The molecule has 1 atom stereocenters. The van der Waals surface area contributed by atoms with E-state index in [9.17, 15) is 4.79 Å². The first-order chi connectivity index (χ1) is 7.70. The van der Waals surface area contributed by atoms with Crippen molar-refractivity contribution in [3.8, 4) is 0 Å². The molecule has 1 fully saturated rings. The fraction of sp³-hybridized carbons (Fsp3) is 0.462. The van der Waals surface area contributed by atoms with Crippen molar-refractivity contribution in [2.45, 2.75) is 25.4 Å². The van der Waals surface area contributed by atoms with Gasteiger partial charge in [-0.05, 0) is 36.5 Å². The Morgan fingerprint density at radius 1 is 1.56 bits per heavy atom.